The van der Waals surface area contributed by atoms with E-state index in [0.29, 0.717) is 18.5 Å². The summed E-state index contributed by atoms with van der Waals surface area (Å²) in [6, 6.07) is 9.10. The maximum absolute atomic E-state index is 12.6. The van der Waals surface area contributed by atoms with Crippen molar-refractivity contribution in [2.75, 3.05) is 11.6 Å². The Morgan fingerprint density at radius 2 is 1.95 bits per heavy atom. The summed E-state index contributed by atoms with van der Waals surface area (Å²) >= 11 is 0. The van der Waals surface area contributed by atoms with Gasteiger partial charge in [0.15, 0.2) is 14.6 Å². The molecule has 1 aromatic heterocycles. The van der Waals surface area contributed by atoms with Gasteiger partial charge < -0.3 is 5.32 Å². The topological polar surface area (TPSA) is 76.1 Å². The molecular weight excluding hydrogens is 300 g/mol. The molecule has 0 saturated heterocycles. The van der Waals surface area contributed by atoms with E-state index in [1.54, 1.807) is 12.3 Å². The lowest BCUT2D eigenvalue weighted by Crippen LogP contribution is -2.47. The second kappa shape index (κ2) is 5.35. The number of carbonyl (C=O) groups is 1. The van der Waals surface area contributed by atoms with Gasteiger partial charge in [-0.25, -0.2) is 8.42 Å². The number of pyridine rings is 1. The van der Waals surface area contributed by atoms with Crippen LogP contribution in [0.25, 0.3) is 10.9 Å². The van der Waals surface area contributed by atoms with Gasteiger partial charge >= 0.3 is 0 Å². The van der Waals surface area contributed by atoms with Crippen molar-refractivity contribution >= 4 is 32.3 Å². The molecule has 1 amide bonds. The molecule has 1 aliphatic carbocycles. The third kappa shape index (κ3) is 2.47. The smallest absolute Gasteiger partial charge is 0.245 e. The van der Waals surface area contributed by atoms with E-state index in [0.717, 1.165) is 30.0 Å². The van der Waals surface area contributed by atoms with Crippen LogP contribution >= 0.6 is 0 Å². The van der Waals surface area contributed by atoms with Gasteiger partial charge in [0.05, 0.1) is 5.52 Å². The molecule has 0 aliphatic heterocycles. The van der Waals surface area contributed by atoms with E-state index in [4.69, 9.17) is 0 Å². The maximum Gasteiger partial charge on any atom is 0.245 e. The van der Waals surface area contributed by atoms with Crippen LogP contribution in [0.4, 0.5) is 5.69 Å². The van der Waals surface area contributed by atoms with Gasteiger partial charge in [0, 0.05) is 23.5 Å². The highest BCUT2D eigenvalue weighted by molar-refractivity contribution is 7.92. The molecule has 2 aromatic rings. The summed E-state index contributed by atoms with van der Waals surface area (Å²) in [5.41, 5.74) is 1.43. The van der Waals surface area contributed by atoms with Crippen LogP contribution in [0.15, 0.2) is 36.5 Å². The summed E-state index contributed by atoms with van der Waals surface area (Å²) in [6.45, 7) is 0. The van der Waals surface area contributed by atoms with E-state index in [1.807, 2.05) is 24.3 Å². The highest BCUT2D eigenvalue weighted by atomic mass is 32.2. The Kier molecular flexibility index (Phi) is 3.64. The fourth-order valence-corrected chi connectivity index (χ4v) is 4.53. The summed E-state index contributed by atoms with van der Waals surface area (Å²) in [5, 5.41) is 3.68. The van der Waals surface area contributed by atoms with Crippen molar-refractivity contribution in [1.29, 1.82) is 0 Å². The number of aromatic nitrogens is 1. The Labute approximate surface area is 129 Å². The molecular formula is C16H18N2O3S. The van der Waals surface area contributed by atoms with Crippen LogP contribution in [0, 0.1) is 0 Å². The molecule has 6 heteroatoms. The van der Waals surface area contributed by atoms with Crippen molar-refractivity contribution < 1.29 is 13.2 Å². The molecule has 1 heterocycles. The van der Waals surface area contributed by atoms with Gasteiger partial charge in [0.25, 0.3) is 0 Å². The molecule has 1 aromatic carbocycles. The van der Waals surface area contributed by atoms with E-state index in [9.17, 15) is 13.2 Å². The predicted octanol–water partition coefficient (Wildman–Crippen LogP) is 2.53. The molecule has 0 atom stereocenters. The molecule has 0 unspecified atom stereocenters. The van der Waals surface area contributed by atoms with Crippen LogP contribution in [0.5, 0.6) is 0 Å². The fraction of sp³-hybridized carbons (Fsp3) is 0.375. The molecule has 1 saturated carbocycles. The summed E-state index contributed by atoms with van der Waals surface area (Å²) in [4.78, 5) is 16.8. The van der Waals surface area contributed by atoms with Crippen molar-refractivity contribution in [3.8, 4) is 0 Å². The summed E-state index contributed by atoms with van der Waals surface area (Å²) < 4.78 is 23.0. The van der Waals surface area contributed by atoms with Crippen molar-refractivity contribution in [2.24, 2.45) is 0 Å². The normalized spacial score (nSPS) is 17.5. The number of rotatable bonds is 3. The van der Waals surface area contributed by atoms with Crippen molar-refractivity contribution in [3.05, 3.63) is 36.5 Å². The SMILES string of the molecule is CS(=O)(=O)C1(C(=O)Nc2ccc3ncccc3c2)CCCC1. The summed E-state index contributed by atoms with van der Waals surface area (Å²) in [6.07, 6.45) is 5.18. The predicted molar refractivity (Wildman–Crippen MR) is 86.4 cm³/mol. The van der Waals surface area contributed by atoms with Gasteiger partial charge in [-0.1, -0.05) is 18.9 Å². The number of amides is 1. The minimum absolute atomic E-state index is 0.396. The van der Waals surface area contributed by atoms with Gasteiger partial charge in [-0.3, -0.25) is 9.78 Å². The van der Waals surface area contributed by atoms with Gasteiger partial charge in [0.2, 0.25) is 5.91 Å². The summed E-state index contributed by atoms with van der Waals surface area (Å²) in [7, 11) is -3.45. The number of fused-ring (bicyclic) bond motifs is 1. The lowest BCUT2D eigenvalue weighted by atomic mass is 10.1. The molecule has 1 N–H and O–H groups in total. The van der Waals surface area contributed by atoms with Gasteiger partial charge in [-0.15, -0.1) is 0 Å². The largest absolute Gasteiger partial charge is 0.325 e. The number of nitrogens with one attached hydrogen (secondary N) is 1. The highest BCUT2D eigenvalue weighted by Crippen LogP contribution is 2.37. The molecule has 0 bridgehead atoms. The van der Waals surface area contributed by atoms with E-state index >= 15 is 0 Å². The third-order valence-electron chi connectivity index (χ3n) is 4.40. The van der Waals surface area contributed by atoms with Crippen LogP contribution in [0.2, 0.25) is 0 Å². The maximum atomic E-state index is 12.6. The summed E-state index contributed by atoms with van der Waals surface area (Å²) in [5.74, 6) is -0.421. The Morgan fingerprint density at radius 1 is 1.23 bits per heavy atom. The zero-order chi connectivity index (χ0) is 15.8. The Bertz CT molecular complexity index is 824. The number of hydrogen-bond acceptors (Lipinski definition) is 4. The van der Waals surface area contributed by atoms with Gasteiger partial charge in [-0.2, -0.15) is 0 Å². The minimum atomic E-state index is -3.45. The number of benzene rings is 1. The average Bonchev–Trinajstić information content (AvgIpc) is 2.98. The van der Waals surface area contributed by atoms with Crippen LogP contribution < -0.4 is 5.32 Å². The first kappa shape index (κ1) is 15.0. The monoisotopic (exact) mass is 318 g/mol. The Balaban J connectivity index is 1.92. The number of sulfone groups is 1. The standard InChI is InChI=1S/C16H18N2O3S/c1-22(20,21)16(8-2-3-9-16)15(19)18-13-6-7-14-12(11-13)5-4-10-17-14/h4-7,10-11H,2-3,8-9H2,1H3,(H,18,19). The first-order valence-electron chi connectivity index (χ1n) is 7.28. The minimum Gasteiger partial charge on any atom is -0.325 e. The van der Waals surface area contributed by atoms with Crippen molar-refractivity contribution in [3.63, 3.8) is 0 Å². The van der Waals surface area contributed by atoms with Gasteiger partial charge in [-0.05, 0) is 37.1 Å². The van der Waals surface area contributed by atoms with E-state index in [-0.39, 0.29) is 0 Å². The van der Waals surface area contributed by atoms with Crippen LogP contribution in [-0.4, -0.2) is 30.3 Å². The number of carbonyl (C=O) groups excluding carboxylic acids is 1. The average molecular weight is 318 g/mol. The quantitative estimate of drug-likeness (QED) is 0.943. The molecule has 116 valence electrons. The molecule has 3 rings (SSSR count). The van der Waals surface area contributed by atoms with Crippen molar-refractivity contribution in [1.82, 2.24) is 4.98 Å². The zero-order valence-electron chi connectivity index (χ0n) is 12.4. The Morgan fingerprint density at radius 3 is 2.64 bits per heavy atom. The second-order valence-electron chi connectivity index (χ2n) is 5.84. The molecule has 1 aliphatic rings. The molecule has 22 heavy (non-hydrogen) atoms. The van der Waals surface area contributed by atoms with E-state index in [1.165, 1.54) is 0 Å². The first-order chi connectivity index (χ1) is 10.4. The molecule has 0 radical (unpaired) electrons. The van der Waals surface area contributed by atoms with E-state index < -0.39 is 20.5 Å². The molecule has 0 spiro atoms. The van der Waals surface area contributed by atoms with Gasteiger partial charge in [0.1, 0.15) is 0 Å². The molecule has 5 nitrogen and oxygen atoms in total. The lowest BCUT2D eigenvalue weighted by molar-refractivity contribution is -0.118. The van der Waals surface area contributed by atoms with Crippen LogP contribution in [0.1, 0.15) is 25.7 Å². The van der Waals surface area contributed by atoms with E-state index in [2.05, 4.69) is 10.3 Å². The first-order valence-corrected chi connectivity index (χ1v) is 9.17. The molecule has 1 fully saturated rings. The lowest BCUT2D eigenvalue weighted by Gasteiger charge is -2.25. The third-order valence-corrected chi connectivity index (χ3v) is 6.41. The van der Waals surface area contributed by atoms with Crippen LogP contribution in [0.3, 0.4) is 0 Å². The fourth-order valence-electron chi connectivity index (χ4n) is 3.11. The second-order valence-corrected chi connectivity index (χ2v) is 8.16. The Hall–Kier alpha value is -1.95. The number of anilines is 1. The highest BCUT2D eigenvalue weighted by Gasteiger charge is 2.49. The number of nitrogens with zero attached hydrogens (tertiary/aromatic N) is 1. The number of hydrogen-bond donors (Lipinski definition) is 1. The zero-order valence-corrected chi connectivity index (χ0v) is 13.2. The van der Waals surface area contributed by atoms with Crippen LogP contribution in [-0.2, 0) is 14.6 Å². The van der Waals surface area contributed by atoms with Crippen molar-refractivity contribution in [2.45, 2.75) is 30.4 Å².